The van der Waals surface area contributed by atoms with Crippen LogP contribution in [0.25, 0.3) is 0 Å². The first-order chi connectivity index (χ1) is 15.9. The summed E-state index contributed by atoms with van der Waals surface area (Å²) in [6.07, 6.45) is 14.8. The summed E-state index contributed by atoms with van der Waals surface area (Å²) in [6, 6.07) is 4.02. The molecule has 1 aromatic rings. The first kappa shape index (κ1) is 23.4. The first-order valence-electron chi connectivity index (χ1n) is 13.9. The minimum atomic E-state index is 0.487. The summed E-state index contributed by atoms with van der Waals surface area (Å²) in [5, 5.41) is 13.6. The van der Waals surface area contributed by atoms with Crippen LogP contribution in [0.15, 0.2) is 12.3 Å². The Bertz CT molecular complexity index is 872. The third kappa shape index (κ3) is 3.97. The van der Waals surface area contributed by atoms with Gasteiger partial charge in [-0.25, -0.2) is 0 Å². The zero-order chi connectivity index (χ0) is 23.2. The van der Waals surface area contributed by atoms with Crippen LogP contribution in [-0.2, 0) is 11.3 Å². The Hall–Kier alpha value is -1.34. The van der Waals surface area contributed by atoms with Gasteiger partial charge in [-0.15, -0.1) is 0 Å². The van der Waals surface area contributed by atoms with Crippen molar-refractivity contribution in [1.82, 2.24) is 9.78 Å². The monoisotopic (exact) mass is 451 g/mol. The Morgan fingerprint density at radius 1 is 1.12 bits per heavy atom. The second kappa shape index (κ2) is 9.03. The van der Waals surface area contributed by atoms with E-state index < -0.39 is 0 Å². The van der Waals surface area contributed by atoms with Crippen LogP contribution in [0.4, 0.5) is 0 Å². The second-order valence-corrected chi connectivity index (χ2v) is 12.7. The number of rotatable bonds is 6. The highest BCUT2D eigenvalue weighted by Gasteiger charge is 2.60. The van der Waals surface area contributed by atoms with Gasteiger partial charge in [0.15, 0.2) is 5.69 Å². The van der Waals surface area contributed by atoms with Crippen molar-refractivity contribution < 1.29 is 4.74 Å². The molecular weight excluding hydrogens is 406 g/mol. The van der Waals surface area contributed by atoms with E-state index in [-0.39, 0.29) is 0 Å². The lowest BCUT2D eigenvalue weighted by molar-refractivity contribution is -0.125. The molecule has 4 fully saturated rings. The number of fused-ring (bicyclic) bond motifs is 5. The Kier molecular flexibility index (Phi) is 6.40. The van der Waals surface area contributed by atoms with Gasteiger partial charge in [0.25, 0.3) is 0 Å². The fraction of sp³-hybridized carbons (Fsp3) is 0.862. The molecule has 0 spiro atoms. The van der Waals surface area contributed by atoms with Crippen molar-refractivity contribution >= 4 is 0 Å². The normalized spacial score (nSPS) is 43.2. The molecule has 4 heteroatoms. The molecule has 4 saturated carbocycles. The average molecular weight is 452 g/mol. The van der Waals surface area contributed by atoms with Crippen LogP contribution in [0.2, 0.25) is 0 Å². The van der Waals surface area contributed by atoms with Crippen molar-refractivity contribution in [1.29, 1.82) is 5.26 Å². The minimum absolute atomic E-state index is 0.487. The zero-order valence-corrected chi connectivity index (χ0v) is 21.4. The van der Waals surface area contributed by atoms with Gasteiger partial charge in [0.05, 0.1) is 0 Å². The predicted molar refractivity (Wildman–Crippen MR) is 131 cm³/mol. The summed E-state index contributed by atoms with van der Waals surface area (Å²) in [5.41, 5.74) is 1.60. The molecule has 0 radical (unpaired) electrons. The quantitative estimate of drug-likeness (QED) is 0.483. The van der Waals surface area contributed by atoms with E-state index in [1.165, 1.54) is 57.8 Å². The molecule has 0 aliphatic heterocycles. The topological polar surface area (TPSA) is 50.8 Å². The molecule has 4 aliphatic rings. The number of aromatic nitrogens is 2. The van der Waals surface area contributed by atoms with Gasteiger partial charge in [-0.2, -0.15) is 10.4 Å². The van der Waals surface area contributed by atoms with Gasteiger partial charge < -0.3 is 4.74 Å². The van der Waals surface area contributed by atoms with Gasteiger partial charge in [-0.05, 0) is 123 Å². The molecule has 33 heavy (non-hydrogen) atoms. The van der Waals surface area contributed by atoms with Crippen molar-refractivity contribution in [2.75, 3.05) is 13.2 Å². The zero-order valence-electron chi connectivity index (χ0n) is 21.4. The molecule has 0 saturated heterocycles. The number of nitrogens with zero attached hydrogens (tertiary/aromatic N) is 3. The highest BCUT2D eigenvalue weighted by Crippen LogP contribution is 2.68. The average Bonchev–Trinajstić information content (AvgIpc) is 3.41. The number of ether oxygens (including phenoxy) is 1. The van der Waals surface area contributed by atoms with E-state index in [1.807, 2.05) is 16.9 Å². The second-order valence-electron chi connectivity index (χ2n) is 12.7. The van der Waals surface area contributed by atoms with E-state index in [0.717, 1.165) is 55.3 Å². The molecule has 1 heterocycles. The van der Waals surface area contributed by atoms with E-state index in [0.29, 0.717) is 22.4 Å². The highest BCUT2D eigenvalue weighted by atomic mass is 16.5. The predicted octanol–water partition coefficient (Wildman–Crippen LogP) is 6.70. The fourth-order valence-electron chi connectivity index (χ4n) is 9.70. The molecular formula is C29H45N3O. The van der Waals surface area contributed by atoms with E-state index in [1.54, 1.807) is 0 Å². The van der Waals surface area contributed by atoms with Gasteiger partial charge in [0, 0.05) is 26.0 Å². The number of nitriles is 1. The Balaban J connectivity index is 1.28. The van der Waals surface area contributed by atoms with Crippen molar-refractivity contribution in [2.45, 2.75) is 92.0 Å². The molecule has 182 valence electrons. The summed E-state index contributed by atoms with van der Waals surface area (Å²) in [6.45, 7) is 12.7. The third-order valence-electron chi connectivity index (χ3n) is 11.3. The van der Waals surface area contributed by atoms with Crippen molar-refractivity contribution in [3.63, 3.8) is 0 Å². The van der Waals surface area contributed by atoms with Gasteiger partial charge in [0.2, 0.25) is 0 Å². The Morgan fingerprint density at radius 3 is 2.67 bits per heavy atom. The van der Waals surface area contributed by atoms with Crippen molar-refractivity contribution in [2.24, 2.45) is 52.3 Å². The third-order valence-corrected chi connectivity index (χ3v) is 11.3. The molecule has 4 aliphatic carbocycles. The molecule has 9 atom stereocenters. The smallest absolute Gasteiger partial charge is 0.162 e. The molecule has 5 rings (SSSR count). The number of hydrogen-bond donors (Lipinski definition) is 0. The summed E-state index contributed by atoms with van der Waals surface area (Å²) in [4.78, 5) is 0. The maximum absolute atomic E-state index is 9.13. The molecule has 1 aromatic heterocycles. The maximum Gasteiger partial charge on any atom is 0.162 e. The van der Waals surface area contributed by atoms with Crippen molar-refractivity contribution in [3.05, 3.63) is 18.0 Å². The van der Waals surface area contributed by atoms with Gasteiger partial charge in [0.1, 0.15) is 6.07 Å². The van der Waals surface area contributed by atoms with E-state index in [9.17, 15) is 0 Å². The summed E-state index contributed by atoms with van der Waals surface area (Å²) < 4.78 is 7.84. The lowest BCUT2D eigenvalue weighted by Crippen LogP contribution is -2.54. The molecule has 3 unspecified atom stereocenters. The minimum Gasteiger partial charge on any atom is -0.381 e. The SMILES string of the molecule is CCOC[C@H]1CC[C@]2(C)C3CC[C@@]4(C)C(CCC4[C@@H](C)Cn4ccc(C#N)n4)[C@@H]3CC[C@@H]2C1. The van der Waals surface area contributed by atoms with Crippen LogP contribution in [0.5, 0.6) is 0 Å². The standard InChI is InChI=1S/C29H45N3O/c1-5-33-19-21-10-13-28(3)22(16-21)6-7-24-26-9-8-25(29(26,4)14-11-27(24)28)20(2)18-32-15-12-23(17-30)31-32/h12,15,20-22,24-27H,5-11,13-14,16,18-19H2,1-4H3/t20-,21-,22+,24-,25?,26?,27?,28-,29+/m0/s1. The molecule has 0 N–H and O–H groups in total. The molecule has 0 bridgehead atoms. The fourth-order valence-corrected chi connectivity index (χ4v) is 9.70. The van der Waals surface area contributed by atoms with Crippen LogP contribution >= 0.6 is 0 Å². The largest absolute Gasteiger partial charge is 0.381 e. The van der Waals surface area contributed by atoms with Crippen LogP contribution in [-0.4, -0.2) is 23.0 Å². The van der Waals surface area contributed by atoms with Crippen molar-refractivity contribution in [3.8, 4) is 6.07 Å². The molecule has 0 amide bonds. The molecule has 4 nitrogen and oxygen atoms in total. The highest BCUT2D eigenvalue weighted by molar-refractivity contribution is 5.16. The van der Waals surface area contributed by atoms with E-state index in [4.69, 9.17) is 10.00 Å². The van der Waals surface area contributed by atoms with Gasteiger partial charge in [-0.3, -0.25) is 4.68 Å². The van der Waals surface area contributed by atoms with E-state index in [2.05, 4.69) is 38.9 Å². The van der Waals surface area contributed by atoms with Gasteiger partial charge >= 0.3 is 0 Å². The van der Waals surface area contributed by atoms with E-state index >= 15 is 0 Å². The number of hydrogen-bond acceptors (Lipinski definition) is 3. The Morgan fingerprint density at radius 2 is 1.91 bits per heavy atom. The lowest BCUT2D eigenvalue weighted by atomic mass is 9.44. The summed E-state index contributed by atoms with van der Waals surface area (Å²) in [5.74, 6) is 5.92. The van der Waals surface area contributed by atoms with Crippen LogP contribution in [0, 0.1) is 63.6 Å². The Labute approximate surface area is 201 Å². The summed E-state index contributed by atoms with van der Waals surface area (Å²) in [7, 11) is 0. The maximum atomic E-state index is 9.13. The summed E-state index contributed by atoms with van der Waals surface area (Å²) >= 11 is 0. The molecule has 0 aromatic carbocycles. The van der Waals surface area contributed by atoms with Crippen LogP contribution in [0.1, 0.15) is 91.2 Å². The van der Waals surface area contributed by atoms with Crippen LogP contribution in [0.3, 0.4) is 0 Å². The lowest BCUT2D eigenvalue weighted by Gasteiger charge is -2.61. The van der Waals surface area contributed by atoms with Gasteiger partial charge in [-0.1, -0.05) is 20.8 Å². The van der Waals surface area contributed by atoms with Crippen LogP contribution < -0.4 is 0 Å². The first-order valence-corrected chi connectivity index (χ1v) is 13.9.